The molecule has 0 heterocycles. The van der Waals surface area contributed by atoms with E-state index in [1.54, 1.807) is 20.8 Å². The molecule has 9 nitrogen and oxygen atoms in total. The molecule has 0 saturated heterocycles. The van der Waals surface area contributed by atoms with Crippen molar-refractivity contribution in [1.82, 2.24) is 15.5 Å². The Labute approximate surface area is 221 Å². The molecule has 3 amide bonds. The second-order valence-corrected chi connectivity index (χ2v) is 10.3. The van der Waals surface area contributed by atoms with E-state index in [1.807, 2.05) is 58.9 Å². The molecule has 37 heavy (non-hydrogen) atoms. The van der Waals surface area contributed by atoms with Crippen molar-refractivity contribution in [2.24, 2.45) is 5.92 Å². The molecular weight excluding hydrogens is 474 g/mol. The van der Waals surface area contributed by atoms with Crippen molar-refractivity contribution in [2.75, 3.05) is 13.7 Å². The number of ether oxygens (including phenoxy) is 2. The highest BCUT2D eigenvalue weighted by Gasteiger charge is 2.40. The third kappa shape index (κ3) is 9.70. The van der Waals surface area contributed by atoms with Gasteiger partial charge in [-0.3, -0.25) is 14.4 Å². The Morgan fingerprint density at radius 2 is 1.57 bits per heavy atom. The minimum absolute atomic E-state index is 0.229. The topological polar surface area (TPSA) is 114 Å². The summed E-state index contributed by atoms with van der Waals surface area (Å²) in [5, 5.41) is 5.36. The van der Waals surface area contributed by atoms with E-state index in [9.17, 15) is 19.2 Å². The molecule has 0 aliphatic rings. The largest absolute Gasteiger partial charge is 0.468 e. The standard InChI is InChI=1S/C28H45N3O6/c1-10-18(4)23(30-27(35)37-28(6,7)8)26(34)31(19(5)11-2)24(25(33)29-17-22(32)36-9)21-15-13-20(12-3)14-16-21/h13-16,18-19,23-24H,10-12,17H2,1-9H3,(H,29,33)(H,30,35). The van der Waals surface area contributed by atoms with Crippen molar-refractivity contribution < 1.29 is 28.7 Å². The van der Waals surface area contributed by atoms with Gasteiger partial charge in [0.2, 0.25) is 11.8 Å². The lowest BCUT2D eigenvalue weighted by Crippen LogP contribution is -2.57. The van der Waals surface area contributed by atoms with Crippen molar-refractivity contribution in [3.05, 3.63) is 35.4 Å². The first-order chi connectivity index (χ1) is 17.3. The van der Waals surface area contributed by atoms with Gasteiger partial charge in [-0.1, -0.05) is 58.4 Å². The van der Waals surface area contributed by atoms with Gasteiger partial charge < -0.3 is 25.0 Å². The quantitative estimate of drug-likeness (QED) is 0.401. The molecule has 2 N–H and O–H groups in total. The van der Waals surface area contributed by atoms with E-state index in [0.717, 1.165) is 12.0 Å². The summed E-state index contributed by atoms with van der Waals surface area (Å²) < 4.78 is 10.1. The Hall–Kier alpha value is -3.10. The number of alkyl carbamates (subject to hydrolysis) is 1. The first kappa shape index (κ1) is 31.9. The van der Waals surface area contributed by atoms with Gasteiger partial charge in [0.25, 0.3) is 0 Å². The van der Waals surface area contributed by atoms with Crippen molar-refractivity contribution in [1.29, 1.82) is 0 Å². The van der Waals surface area contributed by atoms with Crippen LogP contribution in [0.3, 0.4) is 0 Å². The Morgan fingerprint density at radius 1 is 0.973 bits per heavy atom. The molecule has 4 unspecified atom stereocenters. The van der Waals surface area contributed by atoms with Gasteiger partial charge in [-0.05, 0) is 57.6 Å². The molecule has 0 aliphatic heterocycles. The molecule has 0 fully saturated rings. The number of nitrogens with one attached hydrogen (secondary N) is 2. The van der Waals surface area contributed by atoms with Crippen LogP contribution in [0, 0.1) is 5.92 Å². The second-order valence-electron chi connectivity index (χ2n) is 10.3. The third-order valence-corrected chi connectivity index (χ3v) is 6.34. The van der Waals surface area contributed by atoms with Gasteiger partial charge in [0.1, 0.15) is 24.2 Å². The highest BCUT2D eigenvalue weighted by atomic mass is 16.6. The maximum absolute atomic E-state index is 14.2. The van der Waals surface area contributed by atoms with Crippen LogP contribution >= 0.6 is 0 Å². The molecule has 0 saturated carbocycles. The lowest BCUT2D eigenvalue weighted by molar-refractivity contribution is -0.147. The average molecular weight is 520 g/mol. The smallest absolute Gasteiger partial charge is 0.408 e. The molecule has 0 aromatic heterocycles. The zero-order valence-electron chi connectivity index (χ0n) is 23.8. The molecule has 9 heteroatoms. The molecule has 0 spiro atoms. The van der Waals surface area contributed by atoms with Crippen molar-refractivity contribution in [2.45, 2.75) is 98.4 Å². The van der Waals surface area contributed by atoms with Gasteiger partial charge in [0.05, 0.1) is 7.11 Å². The van der Waals surface area contributed by atoms with Gasteiger partial charge in [0, 0.05) is 6.04 Å². The summed E-state index contributed by atoms with van der Waals surface area (Å²) in [6, 6.07) is 5.19. The summed E-state index contributed by atoms with van der Waals surface area (Å²) in [7, 11) is 1.24. The summed E-state index contributed by atoms with van der Waals surface area (Å²) in [6.07, 6.45) is 1.31. The van der Waals surface area contributed by atoms with E-state index in [0.29, 0.717) is 18.4 Å². The fraction of sp³-hybridized carbons (Fsp3) is 0.643. The minimum Gasteiger partial charge on any atom is -0.468 e. The number of hydrogen-bond acceptors (Lipinski definition) is 6. The summed E-state index contributed by atoms with van der Waals surface area (Å²) >= 11 is 0. The van der Waals surface area contributed by atoms with E-state index in [2.05, 4.69) is 15.4 Å². The maximum atomic E-state index is 14.2. The predicted octanol–water partition coefficient (Wildman–Crippen LogP) is 4.15. The van der Waals surface area contributed by atoms with Crippen molar-refractivity contribution in [3.63, 3.8) is 0 Å². The lowest BCUT2D eigenvalue weighted by Gasteiger charge is -2.39. The molecule has 1 aromatic carbocycles. The normalized spacial score (nSPS) is 14.5. The first-order valence-corrected chi connectivity index (χ1v) is 13.0. The van der Waals surface area contributed by atoms with E-state index < -0.39 is 41.6 Å². The molecule has 208 valence electrons. The SMILES string of the molecule is CCc1ccc(C(C(=O)NCC(=O)OC)N(C(=O)C(NC(=O)OC(C)(C)C)C(C)CC)C(C)CC)cc1. The van der Waals surface area contributed by atoms with Crippen LogP contribution in [-0.2, 0) is 30.3 Å². The molecule has 0 radical (unpaired) electrons. The van der Waals surface area contributed by atoms with E-state index in [1.165, 1.54) is 12.0 Å². The van der Waals surface area contributed by atoms with E-state index >= 15 is 0 Å². The van der Waals surface area contributed by atoms with Crippen LogP contribution in [0.4, 0.5) is 4.79 Å². The van der Waals surface area contributed by atoms with E-state index in [-0.39, 0.29) is 18.5 Å². The number of methoxy groups -OCH3 is 1. The Kier molecular flexibility index (Phi) is 12.6. The molecule has 0 aliphatic carbocycles. The van der Waals surface area contributed by atoms with Gasteiger partial charge >= 0.3 is 12.1 Å². The summed E-state index contributed by atoms with van der Waals surface area (Å²) in [4.78, 5) is 53.6. The second kappa shape index (κ2) is 14.6. The average Bonchev–Trinajstić information content (AvgIpc) is 2.86. The number of hydrogen-bond donors (Lipinski definition) is 2. The summed E-state index contributed by atoms with van der Waals surface area (Å²) in [5.74, 6) is -1.73. The lowest BCUT2D eigenvalue weighted by atomic mass is 9.94. The fourth-order valence-corrected chi connectivity index (χ4v) is 3.78. The summed E-state index contributed by atoms with van der Waals surface area (Å²) in [6.45, 7) is 14.5. The third-order valence-electron chi connectivity index (χ3n) is 6.34. The van der Waals surface area contributed by atoms with Crippen LogP contribution < -0.4 is 10.6 Å². The highest BCUT2D eigenvalue weighted by Crippen LogP contribution is 2.28. The predicted molar refractivity (Wildman–Crippen MR) is 143 cm³/mol. The first-order valence-electron chi connectivity index (χ1n) is 13.0. The van der Waals surface area contributed by atoms with Crippen molar-refractivity contribution in [3.8, 4) is 0 Å². The van der Waals surface area contributed by atoms with Gasteiger partial charge in [-0.25, -0.2) is 4.79 Å². The number of carbonyl (C=O) groups excluding carboxylic acids is 4. The number of amides is 3. The number of aryl methyl sites for hydroxylation is 1. The van der Waals surface area contributed by atoms with Crippen LogP contribution in [0.5, 0.6) is 0 Å². The number of rotatable bonds is 12. The Bertz CT molecular complexity index is 909. The van der Waals surface area contributed by atoms with Crippen LogP contribution in [0.25, 0.3) is 0 Å². The number of carbonyl (C=O) groups is 4. The van der Waals surface area contributed by atoms with Gasteiger partial charge in [-0.15, -0.1) is 0 Å². The minimum atomic E-state index is -1.02. The number of benzene rings is 1. The van der Waals surface area contributed by atoms with Crippen molar-refractivity contribution >= 4 is 23.9 Å². The molecule has 1 aromatic rings. The fourth-order valence-electron chi connectivity index (χ4n) is 3.78. The van der Waals surface area contributed by atoms with Crippen LogP contribution in [0.15, 0.2) is 24.3 Å². The van der Waals surface area contributed by atoms with Gasteiger partial charge in [-0.2, -0.15) is 0 Å². The number of esters is 1. The van der Waals surface area contributed by atoms with Crippen LogP contribution in [0.1, 0.15) is 85.4 Å². The van der Waals surface area contributed by atoms with Gasteiger partial charge in [0.15, 0.2) is 0 Å². The van der Waals surface area contributed by atoms with E-state index in [4.69, 9.17) is 4.74 Å². The molecule has 4 atom stereocenters. The number of nitrogens with zero attached hydrogens (tertiary/aromatic N) is 1. The molecule has 0 bridgehead atoms. The van der Waals surface area contributed by atoms with Crippen LogP contribution in [0.2, 0.25) is 0 Å². The highest BCUT2D eigenvalue weighted by molar-refractivity contribution is 5.93. The summed E-state index contributed by atoms with van der Waals surface area (Å²) in [5.41, 5.74) is 0.956. The zero-order valence-corrected chi connectivity index (χ0v) is 23.8. The monoisotopic (exact) mass is 519 g/mol. The maximum Gasteiger partial charge on any atom is 0.408 e. The molecular formula is C28H45N3O6. The van der Waals surface area contributed by atoms with Crippen LogP contribution in [-0.4, -0.2) is 60.1 Å². The zero-order chi connectivity index (χ0) is 28.3. The Balaban J connectivity index is 3.55. The molecule has 1 rings (SSSR count). The Morgan fingerprint density at radius 3 is 2.03 bits per heavy atom.